The second-order valence-electron chi connectivity index (χ2n) is 4.95. The van der Waals surface area contributed by atoms with Gasteiger partial charge in [0.15, 0.2) is 5.82 Å². The monoisotopic (exact) mass is 223 g/mol. The Morgan fingerprint density at radius 2 is 1.88 bits per heavy atom. The molecule has 1 aromatic heterocycles. The van der Waals surface area contributed by atoms with Crippen molar-refractivity contribution in [3.8, 4) is 0 Å². The smallest absolute Gasteiger partial charge is 0.222 e. The van der Waals surface area contributed by atoms with Crippen LogP contribution in [-0.2, 0) is 0 Å². The lowest BCUT2D eigenvalue weighted by molar-refractivity contribution is 0.233. The van der Waals surface area contributed by atoms with E-state index in [1.54, 1.807) is 0 Å². The molecule has 16 heavy (non-hydrogen) atoms. The maximum atomic E-state index is 12.6. The van der Waals surface area contributed by atoms with Crippen LogP contribution in [0.3, 0.4) is 0 Å². The van der Waals surface area contributed by atoms with Crippen molar-refractivity contribution in [3.63, 3.8) is 0 Å². The lowest BCUT2D eigenvalue weighted by Gasteiger charge is -2.33. The van der Waals surface area contributed by atoms with Crippen LogP contribution in [0.5, 0.6) is 0 Å². The van der Waals surface area contributed by atoms with Gasteiger partial charge >= 0.3 is 0 Å². The summed E-state index contributed by atoms with van der Waals surface area (Å²) in [6.07, 6.45) is 8.85. The molecule has 0 saturated heterocycles. The highest BCUT2D eigenvalue weighted by atomic mass is 19.1. The van der Waals surface area contributed by atoms with Crippen LogP contribution in [0, 0.1) is 11.2 Å². The minimum absolute atomic E-state index is 0.343. The summed E-state index contributed by atoms with van der Waals surface area (Å²) in [5.74, 6) is 0.127. The molecule has 1 aromatic rings. The van der Waals surface area contributed by atoms with E-state index in [-0.39, 0.29) is 0 Å². The number of nitrogens with zero attached hydrogens (tertiary/aromatic N) is 2. The zero-order valence-corrected chi connectivity index (χ0v) is 9.67. The highest BCUT2D eigenvalue weighted by Gasteiger charge is 2.26. The molecule has 0 bridgehead atoms. The number of nitrogens with one attached hydrogen (secondary N) is 1. The molecule has 3 nitrogen and oxygen atoms in total. The quantitative estimate of drug-likeness (QED) is 0.856. The molecule has 1 aliphatic carbocycles. The van der Waals surface area contributed by atoms with Gasteiger partial charge in [0.1, 0.15) is 0 Å². The lowest BCUT2D eigenvalue weighted by atomic mass is 9.76. The van der Waals surface area contributed by atoms with Gasteiger partial charge in [-0.05, 0) is 18.3 Å². The maximum absolute atomic E-state index is 12.6. The Kier molecular flexibility index (Phi) is 3.36. The minimum Gasteiger partial charge on any atom is -0.354 e. The average molecular weight is 223 g/mol. The number of aromatic nitrogens is 2. The standard InChI is InChI=1S/C12H18FN3/c1-12(5-3-2-4-6-12)9-16-11-14-7-10(13)8-15-11/h7-8H,2-6,9H2,1H3,(H,14,15,16). The first-order chi connectivity index (χ1) is 7.68. The fraction of sp³-hybridized carbons (Fsp3) is 0.667. The van der Waals surface area contributed by atoms with E-state index in [0.29, 0.717) is 11.4 Å². The normalized spacial score (nSPS) is 19.4. The van der Waals surface area contributed by atoms with Gasteiger partial charge in [0.05, 0.1) is 12.4 Å². The topological polar surface area (TPSA) is 37.8 Å². The van der Waals surface area contributed by atoms with Crippen LogP contribution >= 0.6 is 0 Å². The highest BCUT2D eigenvalue weighted by molar-refractivity contribution is 5.23. The third-order valence-electron chi connectivity index (χ3n) is 3.35. The van der Waals surface area contributed by atoms with Crippen LogP contribution < -0.4 is 5.32 Å². The van der Waals surface area contributed by atoms with Gasteiger partial charge in [-0.25, -0.2) is 14.4 Å². The van der Waals surface area contributed by atoms with Crippen LogP contribution in [0.25, 0.3) is 0 Å². The van der Waals surface area contributed by atoms with E-state index in [0.717, 1.165) is 6.54 Å². The molecule has 0 unspecified atom stereocenters. The van der Waals surface area contributed by atoms with Crippen LogP contribution in [-0.4, -0.2) is 16.5 Å². The predicted octanol–water partition coefficient (Wildman–Crippen LogP) is 3.00. The fourth-order valence-corrected chi connectivity index (χ4v) is 2.28. The Morgan fingerprint density at radius 1 is 1.25 bits per heavy atom. The molecule has 4 heteroatoms. The van der Waals surface area contributed by atoms with Gasteiger partial charge in [-0.1, -0.05) is 26.2 Å². The molecular weight excluding hydrogens is 205 g/mol. The van der Waals surface area contributed by atoms with Crippen molar-refractivity contribution in [1.29, 1.82) is 0 Å². The lowest BCUT2D eigenvalue weighted by Crippen LogP contribution is -2.29. The Hall–Kier alpha value is -1.19. The molecule has 0 amide bonds. The molecule has 0 radical (unpaired) electrons. The zero-order valence-electron chi connectivity index (χ0n) is 9.67. The number of anilines is 1. The first-order valence-corrected chi connectivity index (χ1v) is 5.89. The van der Waals surface area contributed by atoms with Gasteiger partial charge in [0.2, 0.25) is 5.95 Å². The average Bonchev–Trinajstić information content (AvgIpc) is 2.29. The van der Waals surface area contributed by atoms with Crippen molar-refractivity contribution >= 4 is 5.95 Å². The summed E-state index contributed by atoms with van der Waals surface area (Å²) in [5, 5.41) is 3.19. The molecule has 0 aromatic carbocycles. The molecule has 0 aliphatic heterocycles. The van der Waals surface area contributed by atoms with E-state index in [1.165, 1.54) is 44.5 Å². The minimum atomic E-state index is -0.394. The Bertz CT molecular complexity index is 331. The first-order valence-electron chi connectivity index (χ1n) is 5.89. The van der Waals surface area contributed by atoms with Crippen molar-refractivity contribution in [1.82, 2.24) is 9.97 Å². The van der Waals surface area contributed by atoms with Crippen molar-refractivity contribution in [2.24, 2.45) is 5.41 Å². The third kappa shape index (κ3) is 2.90. The Morgan fingerprint density at radius 3 is 2.50 bits per heavy atom. The van der Waals surface area contributed by atoms with Gasteiger partial charge in [0.25, 0.3) is 0 Å². The molecule has 1 heterocycles. The Balaban J connectivity index is 1.88. The SMILES string of the molecule is CC1(CNc2ncc(F)cn2)CCCCC1. The van der Waals surface area contributed by atoms with Crippen LogP contribution in [0.15, 0.2) is 12.4 Å². The summed E-state index contributed by atoms with van der Waals surface area (Å²) >= 11 is 0. The van der Waals surface area contributed by atoms with Crippen LogP contribution in [0.4, 0.5) is 10.3 Å². The highest BCUT2D eigenvalue weighted by Crippen LogP contribution is 2.35. The molecular formula is C12H18FN3. The molecule has 2 rings (SSSR count). The van der Waals surface area contributed by atoms with Gasteiger partial charge in [-0.2, -0.15) is 0 Å². The second-order valence-corrected chi connectivity index (χ2v) is 4.95. The molecule has 0 spiro atoms. The van der Waals surface area contributed by atoms with E-state index in [9.17, 15) is 4.39 Å². The number of halogens is 1. The van der Waals surface area contributed by atoms with Crippen LogP contribution in [0.2, 0.25) is 0 Å². The van der Waals surface area contributed by atoms with Crippen molar-refractivity contribution < 1.29 is 4.39 Å². The molecule has 1 aliphatic rings. The predicted molar refractivity (Wildman–Crippen MR) is 61.7 cm³/mol. The van der Waals surface area contributed by atoms with Crippen LogP contribution in [0.1, 0.15) is 39.0 Å². The number of rotatable bonds is 3. The summed E-state index contributed by atoms with van der Waals surface area (Å²) in [6, 6.07) is 0. The molecule has 1 fully saturated rings. The van der Waals surface area contributed by atoms with Crippen molar-refractivity contribution in [2.75, 3.05) is 11.9 Å². The third-order valence-corrected chi connectivity index (χ3v) is 3.35. The maximum Gasteiger partial charge on any atom is 0.222 e. The summed E-state index contributed by atoms with van der Waals surface area (Å²) in [5.41, 5.74) is 0.343. The van der Waals surface area contributed by atoms with E-state index >= 15 is 0 Å². The summed E-state index contributed by atoms with van der Waals surface area (Å²) < 4.78 is 12.6. The Labute approximate surface area is 95.5 Å². The summed E-state index contributed by atoms with van der Waals surface area (Å²) in [6.45, 7) is 3.17. The summed E-state index contributed by atoms with van der Waals surface area (Å²) in [4.78, 5) is 7.79. The van der Waals surface area contributed by atoms with E-state index in [4.69, 9.17) is 0 Å². The van der Waals surface area contributed by atoms with Crippen molar-refractivity contribution in [3.05, 3.63) is 18.2 Å². The van der Waals surface area contributed by atoms with Crippen molar-refractivity contribution in [2.45, 2.75) is 39.0 Å². The first kappa shape index (κ1) is 11.3. The van der Waals surface area contributed by atoms with Gasteiger partial charge < -0.3 is 5.32 Å². The van der Waals surface area contributed by atoms with Gasteiger partial charge in [0, 0.05) is 6.54 Å². The van der Waals surface area contributed by atoms with Gasteiger partial charge in [-0.15, -0.1) is 0 Å². The zero-order chi connectivity index (χ0) is 11.4. The molecule has 1 N–H and O–H groups in total. The van der Waals surface area contributed by atoms with E-state index in [2.05, 4.69) is 22.2 Å². The number of hydrogen-bond donors (Lipinski definition) is 1. The number of hydrogen-bond acceptors (Lipinski definition) is 3. The fourth-order valence-electron chi connectivity index (χ4n) is 2.28. The summed E-state index contributed by atoms with van der Waals surface area (Å²) in [7, 11) is 0. The largest absolute Gasteiger partial charge is 0.354 e. The molecule has 1 saturated carbocycles. The van der Waals surface area contributed by atoms with E-state index < -0.39 is 5.82 Å². The van der Waals surface area contributed by atoms with E-state index in [1.807, 2.05) is 0 Å². The van der Waals surface area contributed by atoms with Gasteiger partial charge in [-0.3, -0.25) is 0 Å². The second kappa shape index (κ2) is 4.76. The molecule has 0 atom stereocenters. The molecule has 88 valence electrons.